The van der Waals surface area contributed by atoms with Crippen LogP contribution < -0.4 is 21.5 Å². The van der Waals surface area contributed by atoms with Crippen LogP contribution in [-0.2, 0) is 6.54 Å². The summed E-state index contributed by atoms with van der Waals surface area (Å²) in [5.74, 6) is 0.651. The van der Waals surface area contributed by atoms with Crippen molar-refractivity contribution in [3.05, 3.63) is 80.6 Å². The third kappa shape index (κ3) is 2.85. The SMILES string of the molecule is CCC1=C(c2nn3ccc(Cl)c3c(=O)n2-c2ccccc2)N(c2nc(N)nc3c2C(=O)NC3)C1. The van der Waals surface area contributed by atoms with Crippen LogP contribution in [0.2, 0.25) is 5.02 Å². The van der Waals surface area contributed by atoms with Gasteiger partial charge in [-0.1, -0.05) is 36.7 Å². The molecular weight excluding hydrogens is 456 g/mol. The number of para-hydroxylation sites is 1. The number of benzene rings is 1. The first kappa shape index (κ1) is 20.4. The number of aromatic nitrogens is 5. The van der Waals surface area contributed by atoms with Crippen LogP contribution in [0, 0.1) is 0 Å². The normalized spacial score (nSPS) is 15.0. The molecule has 3 aromatic heterocycles. The maximum Gasteiger partial charge on any atom is 0.284 e. The largest absolute Gasteiger partial charge is 0.368 e. The molecule has 0 unspecified atom stereocenters. The number of nitrogens with zero attached hydrogens (tertiary/aromatic N) is 6. The lowest BCUT2D eigenvalue weighted by molar-refractivity contribution is 0.0966. The number of nitrogens with two attached hydrogens (primary N) is 1. The van der Waals surface area contributed by atoms with Crippen molar-refractivity contribution in [3.63, 3.8) is 0 Å². The number of fused-ring (bicyclic) bond motifs is 2. The molecule has 0 spiro atoms. The second-order valence-corrected chi connectivity index (χ2v) is 8.47. The third-order valence-electron chi connectivity index (χ3n) is 6.13. The van der Waals surface area contributed by atoms with Crippen molar-refractivity contribution in [2.45, 2.75) is 19.9 Å². The Kier molecular flexibility index (Phi) is 4.46. The summed E-state index contributed by atoms with van der Waals surface area (Å²) in [4.78, 5) is 36.8. The van der Waals surface area contributed by atoms with Crippen LogP contribution in [0.15, 0.2) is 53.0 Å². The Bertz CT molecular complexity index is 1590. The molecule has 170 valence electrons. The number of hydrogen-bond acceptors (Lipinski definition) is 7. The maximum absolute atomic E-state index is 13.7. The fourth-order valence-corrected chi connectivity index (χ4v) is 4.73. The van der Waals surface area contributed by atoms with Gasteiger partial charge in [0.1, 0.15) is 11.1 Å². The molecule has 0 bridgehead atoms. The molecule has 4 aromatic rings. The number of rotatable bonds is 4. The summed E-state index contributed by atoms with van der Waals surface area (Å²) >= 11 is 6.32. The molecule has 2 aliphatic rings. The highest BCUT2D eigenvalue weighted by atomic mass is 35.5. The number of carbonyl (C=O) groups is 1. The second-order valence-electron chi connectivity index (χ2n) is 8.06. The van der Waals surface area contributed by atoms with E-state index in [2.05, 4.69) is 15.3 Å². The lowest BCUT2D eigenvalue weighted by Crippen LogP contribution is -2.40. The van der Waals surface area contributed by atoms with Gasteiger partial charge in [0.2, 0.25) is 5.95 Å². The van der Waals surface area contributed by atoms with E-state index in [1.54, 1.807) is 16.8 Å². The Hall–Kier alpha value is -4.18. The van der Waals surface area contributed by atoms with Gasteiger partial charge in [-0.05, 0) is 30.2 Å². The average molecular weight is 475 g/mol. The highest BCUT2D eigenvalue weighted by Crippen LogP contribution is 2.40. The van der Waals surface area contributed by atoms with Crippen molar-refractivity contribution in [1.82, 2.24) is 29.5 Å². The number of carbonyl (C=O) groups excluding carboxylic acids is 1. The molecule has 1 aromatic carbocycles. The Morgan fingerprint density at radius 1 is 1.15 bits per heavy atom. The van der Waals surface area contributed by atoms with Gasteiger partial charge in [0, 0.05) is 12.7 Å². The van der Waals surface area contributed by atoms with E-state index in [9.17, 15) is 9.59 Å². The lowest BCUT2D eigenvalue weighted by atomic mass is 9.99. The van der Waals surface area contributed by atoms with Crippen LogP contribution >= 0.6 is 11.6 Å². The van der Waals surface area contributed by atoms with Crippen molar-refractivity contribution >= 4 is 40.5 Å². The molecule has 0 saturated carbocycles. The van der Waals surface area contributed by atoms with Gasteiger partial charge in [0.25, 0.3) is 11.5 Å². The van der Waals surface area contributed by atoms with Gasteiger partial charge >= 0.3 is 0 Å². The summed E-state index contributed by atoms with van der Waals surface area (Å²) in [7, 11) is 0. The van der Waals surface area contributed by atoms with E-state index < -0.39 is 0 Å². The van der Waals surface area contributed by atoms with Gasteiger partial charge in [-0.15, -0.1) is 5.10 Å². The molecule has 0 atom stereocenters. The van der Waals surface area contributed by atoms with E-state index in [0.29, 0.717) is 52.4 Å². The average Bonchev–Trinajstić information content (AvgIpc) is 3.36. The summed E-state index contributed by atoms with van der Waals surface area (Å²) in [6, 6.07) is 10.9. The predicted molar refractivity (Wildman–Crippen MR) is 128 cm³/mol. The molecule has 2 aliphatic heterocycles. The highest BCUT2D eigenvalue weighted by Gasteiger charge is 2.38. The van der Waals surface area contributed by atoms with E-state index in [1.165, 1.54) is 4.52 Å². The molecule has 3 N–H and O–H groups in total. The van der Waals surface area contributed by atoms with Gasteiger partial charge in [-0.2, -0.15) is 4.98 Å². The predicted octanol–water partition coefficient (Wildman–Crippen LogP) is 2.40. The Balaban J connectivity index is 1.63. The number of nitrogen functional groups attached to an aromatic ring is 1. The minimum atomic E-state index is -0.300. The molecule has 10 nitrogen and oxygen atoms in total. The van der Waals surface area contributed by atoms with Crippen LogP contribution in [0.25, 0.3) is 16.9 Å². The molecule has 0 aliphatic carbocycles. The zero-order chi connectivity index (χ0) is 23.6. The third-order valence-corrected chi connectivity index (χ3v) is 6.43. The standard InChI is InChI=1S/C23H19ClN8O2/c1-2-12-11-30(19-16-15(10-26-21(16)33)27-23(25)28-19)17(12)20-29-31-9-8-14(24)18(31)22(34)32(20)13-6-4-3-5-7-13/h3-9H,2,10-11H2,1H3,(H,26,33)(H2,25,27,28). The second kappa shape index (κ2) is 7.42. The molecular formula is C23H19ClN8O2. The number of amides is 1. The van der Waals surface area contributed by atoms with Gasteiger partial charge in [-0.25, -0.2) is 9.50 Å². The minimum absolute atomic E-state index is 0.0793. The molecule has 5 heterocycles. The zero-order valence-electron chi connectivity index (χ0n) is 18.1. The molecule has 1 amide bonds. The molecule has 11 heteroatoms. The van der Waals surface area contributed by atoms with Crippen LogP contribution in [0.1, 0.15) is 35.2 Å². The van der Waals surface area contributed by atoms with E-state index in [1.807, 2.05) is 42.2 Å². The topological polar surface area (TPSA) is 123 Å². The molecule has 0 radical (unpaired) electrons. The quantitative estimate of drug-likeness (QED) is 0.465. The van der Waals surface area contributed by atoms with Crippen molar-refractivity contribution < 1.29 is 4.79 Å². The van der Waals surface area contributed by atoms with Gasteiger partial charge in [0.05, 0.1) is 28.6 Å². The van der Waals surface area contributed by atoms with Crippen LogP contribution in [-0.4, -0.2) is 36.6 Å². The minimum Gasteiger partial charge on any atom is -0.368 e. The van der Waals surface area contributed by atoms with E-state index in [-0.39, 0.29) is 22.9 Å². The monoisotopic (exact) mass is 474 g/mol. The maximum atomic E-state index is 13.7. The fraction of sp³-hybridized carbons (Fsp3) is 0.174. The summed E-state index contributed by atoms with van der Waals surface area (Å²) in [6.45, 7) is 2.85. The zero-order valence-corrected chi connectivity index (χ0v) is 18.9. The molecule has 6 rings (SSSR count). The number of anilines is 2. The first-order valence-electron chi connectivity index (χ1n) is 10.8. The van der Waals surface area contributed by atoms with Gasteiger partial charge in [-0.3, -0.25) is 14.2 Å². The summed E-state index contributed by atoms with van der Waals surface area (Å²) in [6.07, 6.45) is 2.39. The van der Waals surface area contributed by atoms with Crippen LogP contribution in [0.3, 0.4) is 0 Å². The van der Waals surface area contributed by atoms with E-state index in [0.717, 1.165) is 12.0 Å². The summed E-state index contributed by atoms with van der Waals surface area (Å²) in [5.41, 5.74) is 9.32. The number of halogens is 1. The summed E-state index contributed by atoms with van der Waals surface area (Å²) in [5, 5.41) is 7.89. The van der Waals surface area contributed by atoms with Gasteiger partial charge in [0.15, 0.2) is 11.6 Å². The van der Waals surface area contributed by atoms with Gasteiger partial charge < -0.3 is 16.0 Å². The number of nitrogens with one attached hydrogen (secondary N) is 1. The fourth-order valence-electron chi connectivity index (χ4n) is 4.51. The van der Waals surface area contributed by atoms with Crippen molar-refractivity contribution in [2.24, 2.45) is 0 Å². The summed E-state index contributed by atoms with van der Waals surface area (Å²) < 4.78 is 3.03. The first-order valence-corrected chi connectivity index (χ1v) is 11.2. The highest BCUT2D eigenvalue weighted by molar-refractivity contribution is 6.33. The molecule has 0 saturated heterocycles. The molecule has 34 heavy (non-hydrogen) atoms. The van der Waals surface area contributed by atoms with E-state index >= 15 is 0 Å². The Labute approximate surface area is 198 Å². The smallest absolute Gasteiger partial charge is 0.284 e. The molecule has 0 fully saturated rings. The van der Waals surface area contributed by atoms with Crippen LogP contribution in [0.4, 0.5) is 11.8 Å². The van der Waals surface area contributed by atoms with Crippen molar-refractivity contribution in [2.75, 3.05) is 17.2 Å². The van der Waals surface area contributed by atoms with Crippen molar-refractivity contribution in [1.29, 1.82) is 0 Å². The Morgan fingerprint density at radius 2 is 1.94 bits per heavy atom. The lowest BCUT2D eigenvalue weighted by Gasteiger charge is -2.38. The van der Waals surface area contributed by atoms with E-state index in [4.69, 9.17) is 22.4 Å². The van der Waals surface area contributed by atoms with Crippen LogP contribution in [0.5, 0.6) is 0 Å². The first-order chi connectivity index (χ1) is 16.5. The van der Waals surface area contributed by atoms with Crippen molar-refractivity contribution in [3.8, 4) is 5.69 Å². The Morgan fingerprint density at radius 3 is 2.71 bits per heavy atom. The number of hydrogen-bond donors (Lipinski definition) is 2.